The van der Waals surface area contributed by atoms with Crippen molar-refractivity contribution < 1.29 is 26.7 Å². The van der Waals surface area contributed by atoms with Crippen LogP contribution in [0.4, 0.5) is 39.1 Å². The van der Waals surface area contributed by atoms with E-state index >= 15 is 4.39 Å². The van der Waals surface area contributed by atoms with Crippen molar-refractivity contribution in [2.75, 3.05) is 74.5 Å². The minimum Gasteiger partial charge on any atom is -0.367 e. The first-order valence-electron chi connectivity index (χ1n) is 15.4. The van der Waals surface area contributed by atoms with Crippen molar-refractivity contribution in [1.82, 2.24) is 14.8 Å². The van der Waals surface area contributed by atoms with Crippen LogP contribution in [0.1, 0.15) is 35.7 Å². The number of benzene rings is 2. The number of likely N-dealkylation sites (N-methyl/N-ethyl adjacent to an activating group) is 1. The van der Waals surface area contributed by atoms with E-state index < -0.39 is 34.8 Å². The lowest BCUT2D eigenvalue weighted by molar-refractivity contribution is -0.138. The molecule has 1 amide bonds. The maximum atomic E-state index is 15.8. The number of carbonyl (C=O) groups is 1. The molecular formula is C33H37F5N6O. The fourth-order valence-electron chi connectivity index (χ4n) is 6.11. The van der Waals surface area contributed by atoms with Gasteiger partial charge in [-0.3, -0.25) is 9.69 Å². The number of halogens is 5. The van der Waals surface area contributed by atoms with Crippen molar-refractivity contribution in [3.63, 3.8) is 0 Å². The first-order chi connectivity index (χ1) is 21.5. The number of rotatable bonds is 7. The Morgan fingerprint density at radius 1 is 0.956 bits per heavy atom. The summed E-state index contributed by atoms with van der Waals surface area (Å²) in [6.07, 6.45) is -0.728. The van der Waals surface area contributed by atoms with Gasteiger partial charge in [0.2, 0.25) is 0 Å². The van der Waals surface area contributed by atoms with E-state index in [-0.39, 0.29) is 17.3 Å². The van der Waals surface area contributed by atoms with Crippen LogP contribution in [0.2, 0.25) is 0 Å². The molecule has 2 aliphatic heterocycles. The number of alkyl halides is 3. The molecule has 1 saturated carbocycles. The number of nitrogens with one attached hydrogen (secondary N) is 1. The molecule has 3 aliphatic rings. The molecule has 3 heterocycles. The monoisotopic (exact) mass is 628 g/mol. The van der Waals surface area contributed by atoms with E-state index in [1.54, 1.807) is 12.3 Å². The summed E-state index contributed by atoms with van der Waals surface area (Å²) < 4.78 is 70.7. The van der Waals surface area contributed by atoms with Crippen molar-refractivity contribution in [1.29, 1.82) is 0 Å². The lowest BCUT2D eigenvalue weighted by Gasteiger charge is -2.39. The van der Waals surface area contributed by atoms with Gasteiger partial charge in [-0.25, -0.2) is 13.8 Å². The number of pyridine rings is 1. The summed E-state index contributed by atoms with van der Waals surface area (Å²) in [7, 11) is 1.98. The highest BCUT2D eigenvalue weighted by Gasteiger charge is 2.36. The van der Waals surface area contributed by atoms with Gasteiger partial charge in [-0.05, 0) is 75.2 Å². The number of carbonyl (C=O) groups excluding carboxylic acids is 1. The number of anilines is 3. The summed E-state index contributed by atoms with van der Waals surface area (Å²) in [6, 6.07) is 8.39. The van der Waals surface area contributed by atoms with Crippen LogP contribution in [0, 0.1) is 17.6 Å². The van der Waals surface area contributed by atoms with Crippen LogP contribution in [0.5, 0.6) is 0 Å². The molecule has 1 N–H and O–H groups in total. The van der Waals surface area contributed by atoms with Crippen molar-refractivity contribution >= 4 is 23.1 Å². The number of aromatic nitrogens is 1. The molecule has 0 bridgehead atoms. The second-order valence-corrected chi connectivity index (χ2v) is 12.4. The molecule has 1 aliphatic carbocycles. The minimum absolute atomic E-state index is 0.117. The summed E-state index contributed by atoms with van der Waals surface area (Å²) in [4.78, 5) is 26.7. The molecule has 2 saturated heterocycles. The number of piperazine rings is 2. The van der Waals surface area contributed by atoms with Crippen molar-refractivity contribution in [3.05, 3.63) is 71.4 Å². The zero-order valence-electron chi connectivity index (χ0n) is 25.4. The number of hydrogen-bond acceptors (Lipinski definition) is 6. The van der Waals surface area contributed by atoms with Crippen LogP contribution in [0.15, 0.2) is 48.7 Å². The Balaban J connectivity index is 1.29. The number of hydrogen-bond donors (Lipinski definition) is 1. The normalized spacial score (nSPS) is 20.0. The summed E-state index contributed by atoms with van der Waals surface area (Å²) in [6.45, 7) is 8.53. The summed E-state index contributed by atoms with van der Waals surface area (Å²) in [5.41, 5.74) is -0.980. The van der Waals surface area contributed by atoms with Gasteiger partial charge in [-0.2, -0.15) is 13.2 Å². The smallest absolute Gasteiger partial charge is 0.367 e. The fourth-order valence-corrected chi connectivity index (χ4v) is 6.11. The third kappa shape index (κ3) is 7.06. The molecule has 2 aromatic carbocycles. The van der Waals surface area contributed by atoms with E-state index in [1.807, 2.05) is 24.9 Å². The van der Waals surface area contributed by atoms with E-state index in [9.17, 15) is 22.4 Å². The van der Waals surface area contributed by atoms with Crippen LogP contribution in [0.3, 0.4) is 0 Å². The maximum Gasteiger partial charge on any atom is 0.417 e. The van der Waals surface area contributed by atoms with Crippen LogP contribution in [0.25, 0.3) is 11.1 Å². The molecule has 7 nitrogen and oxygen atoms in total. The first kappa shape index (κ1) is 31.2. The molecule has 1 atom stereocenters. The Labute approximate surface area is 259 Å². The predicted octanol–water partition coefficient (Wildman–Crippen LogP) is 5.97. The summed E-state index contributed by atoms with van der Waals surface area (Å²) in [5.74, 6) is -1.09. The van der Waals surface area contributed by atoms with E-state index in [0.29, 0.717) is 37.0 Å². The van der Waals surface area contributed by atoms with Gasteiger partial charge >= 0.3 is 6.18 Å². The molecule has 6 rings (SSSR count). The van der Waals surface area contributed by atoms with E-state index in [1.165, 1.54) is 25.0 Å². The Morgan fingerprint density at radius 3 is 2.33 bits per heavy atom. The van der Waals surface area contributed by atoms with Gasteiger partial charge in [0.15, 0.2) is 0 Å². The summed E-state index contributed by atoms with van der Waals surface area (Å²) in [5, 5.41) is 2.59. The SMILES string of the molecule is C[C@H]1CN(c2cc(F)c(-c3ccc(N4CCN(CC5CC5)CC4)nc3)cc2NC(=O)c2ccc(F)cc2C(F)(F)F)CCN1C. The molecule has 0 unspecified atom stereocenters. The molecule has 3 aromatic rings. The molecule has 45 heavy (non-hydrogen) atoms. The topological polar surface area (TPSA) is 55.0 Å². The standard InChI is InChI=1S/C33H37F5N6O/c1-21-19-44(12-9-41(21)2)30-17-28(35)26(16-29(30)40-32(45)25-7-6-24(34)15-27(25)33(36,37)38)23-5-8-31(39-18-23)43-13-10-42(11-14-43)20-22-3-4-22/h5-8,15-18,21-22H,3-4,9-14,19-20H2,1-2H3,(H,40,45)/t21-/m0/s1. The van der Waals surface area contributed by atoms with Gasteiger partial charge in [0.25, 0.3) is 5.91 Å². The summed E-state index contributed by atoms with van der Waals surface area (Å²) >= 11 is 0. The van der Waals surface area contributed by atoms with Crippen molar-refractivity contribution in [2.24, 2.45) is 5.92 Å². The van der Waals surface area contributed by atoms with Gasteiger partial charge in [0, 0.05) is 75.7 Å². The molecule has 0 radical (unpaired) electrons. The fraction of sp³-hybridized carbons (Fsp3) is 0.455. The van der Waals surface area contributed by atoms with E-state index in [4.69, 9.17) is 0 Å². The average molecular weight is 629 g/mol. The van der Waals surface area contributed by atoms with Gasteiger partial charge in [-0.1, -0.05) is 0 Å². The van der Waals surface area contributed by atoms with Gasteiger partial charge < -0.3 is 20.0 Å². The number of nitrogens with zero attached hydrogens (tertiary/aromatic N) is 5. The lowest BCUT2D eigenvalue weighted by Crippen LogP contribution is -2.50. The Hall–Kier alpha value is -3.77. The van der Waals surface area contributed by atoms with Crippen molar-refractivity contribution in [3.8, 4) is 11.1 Å². The van der Waals surface area contributed by atoms with Gasteiger partial charge in [0.1, 0.15) is 17.5 Å². The highest BCUT2D eigenvalue weighted by atomic mass is 19.4. The third-order valence-corrected chi connectivity index (χ3v) is 9.13. The van der Waals surface area contributed by atoms with Crippen LogP contribution < -0.4 is 15.1 Å². The number of amides is 1. The molecular weight excluding hydrogens is 591 g/mol. The Bertz CT molecular complexity index is 1540. The van der Waals surface area contributed by atoms with Crippen LogP contribution in [-0.2, 0) is 6.18 Å². The van der Waals surface area contributed by atoms with Crippen LogP contribution in [-0.4, -0.2) is 86.1 Å². The second-order valence-electron chi connectivity index (χ2n) is 12.4. The average Bonchev–Trinajstić information content (AvgIpc) is 3.83. The first-order valence-corrected chi connectivity index (χ1v) is 15.4. The quantitative estimate of drug-likeness (QED) is 0.326. The second kappa shape index (κ2) is 12.6. The van der Waals surface area contributed by atoms with E-state index in [0.717, 1.165) is 56.6 Å². The maximum absolute atomic E-state index is 15.8. The third-order valence-electron chi connectivity index (χ3n) is 9.13. The Kier molecular flexibility index (Phi) is 8.71. The molecule has 0 spiro atoms. The van der Waals surface area contributed by atoms with Gasteiger partial charge in [-0.15, -0.1) is 0 Å². The zero-order valence-corrected chi connectivity index (χ0v) is 25.4. The molecule has 3 fully saturated rings. The van der Waals surface area contributed by atoms with Gasteiger partial charge in [0.05, 0.1) is 22.5 Å². The highest BCUT2D eigenvalue weighted by Crippen LogP contribution is 2.38. The molecule has 12 heteroatoms. The molecule has 240 valence electrons. The van der Waals surface area contributed by atoms with E-state index in [2.05, 4.69) is 25.0 Å². The Morgan fingerprint density at radius 2 is 1.69 bits per heavy atom. The largest absolute Gasteiger partial charge is 0.417 e. The van der Waals surface area contributed by atoms with Crippen LogP contribution >= 0.6 is 0 Å². The lowest BCUT2D eigenvalue weighted by atomic mass is 10.0. The highest BCUT2D eigenvalue weighted by molar-refractivity contribution is 6.07. The zero-order chi connectivity index (χ0) is 31.9. The predicted molar refractivity (Wildman–Crippen MR) is 165 cm³/mol. The molecule has 1 aromatic heterocycles. The van der Waals surface area contributed by atoms with Crippen molar-refractivity contribution in [2.45, 2.75) is 32.0 Å². The minimum atomic E-state index is -4.95.